The van der Waals surface area contributed by atoms with Crippen molar-refractivity contribution in [2.75, 3.05) is 62.8 Å². The smallest absolute Gasteiger partial charge is 0.322 e. The number of nitrogens with zero attached hydrogens (tertiary/aromatic N) is 2. The van der Waals surface area contributed by atoms with Crippen LogP contribution in [0.3, 0.4) is 0 Å². The first-order valence-corrected chi connectivity index (χ1v) is 7.50. The van der Waals surface area contributed by atoms with Crippen molar-refractivity contribution in [3.05, 3.63) is 24.0 Å². The van der Waals surface area contributed by atoms with Crippen molar-refractivity contribution < 1.29 is 18.7 Å². The van der Waals surface area contributed by atoms with Crippen molar-refractivity contribution in [1.82, 2.24) is 4.90 Å². The minimum absolute atomic E-state index is 0.209. The second kappa shape index (κ2) is 6.93. The molecule has 0 aromatic heterocycles. The van der Waals surface area contributed by atoms with Gasteiger partial charge in [-0.25, -0.2) is 9.18 Å². The van der Waals surface area contributed by atoms with Crippen molar-refractivity contribution in [3.8, 4) is 0 Å². The maximum absolute atomic E-state index is 14.0. The van der Waals surface area contributed by atoms with E-state index in [2.05, 4.69) is 10.2 Å². The van der Waals surface area contributed by atoms with Crippen LogP contribution in [0.25, 0.3) is 0 Å². The molecule has 0 radical (unpaired) electrons. The Morgan fingerprint density at radius 3 is 2.36 bits per heavy atom. The number of hydrogen-bond acceptors (Lipinski definition) is 4. The van der Waals surface area contributed by atoms with Gasteiger partial charge in [-0.15, -0.1) is 0 Å². The Balaban J connectivity index is 1.70. The minimum Gasteiger partial charge on any atom is -0.378 e. The molecule has 2 aliphatic rings. The fraction of sp³-hybridized carbons (Fsp3) is 0.533. The SMILES string of the molecule is O=C(Nc1cc(N2CCOCC2)ccc1F)N1CCOCC1. The molecule has 0 saturated carbocycles. The van der Waals surface area contributed by atoms with E-state index in [1.54, 1.807) is 17.0 Å². The molecule has 2 fully saturated rings. The van der Waals surface area contributed by atoms with Gasteiger partial charge in [0.2, 0.25) is 0 Å². The average molecular weight is 309 g/mol. The largest absolute Gasteiger partial charge is 0.378 e. The minimum atomic E-state index is -0.432. The fourth-order valence-corrected chi connectivity index (χ4v) is 2.59. The molecule has 2 amide bonds. The van der Waals surface area contributed by atoms with Gasteiger partial charge < -0.3 is 24.6 Å². The first-order chi connectivity index (χ1) is 10.7. The molecule has 0 aliphatic carbocycles. The highest BCUT2D eigenvalue weighted by Gasteiger charge is 2.19. The number of halogens is 1. The highest BCUT2D eigenvalue weighted by atomic mass is 19.1. The van der Waals surface area contributed by atoms with E-state index in [4.69, 9.17) is 9.47 Å². The Kier molecular flexibility index (Phi) is 4.74. The van der Waals surface area contributed by atoms with Gasteiger partial charge in [0.1, 0.15) is 5.82 Å². The molecule has 2 aliphatic heterocycles. The van der Waals surface area contributed by atoms with Gasteiger partial charge in [0.15, 0.2) is 0 Å². The Bertz CT molecular complexity index is 529. The lowest BCUT2D eigenvalue weighted by molar-refractivity contribution is 0.0564. The number of hydrogen-bond donors (Lipinski definition) is 1. The number of carbonyl (C=O) groups excluding carboxylic acids is 1. The zero-order valence-corrected chi connectivity index (χ0v) is 12.4. The molecular weight excluding hydrogens is 289 g/mol. The molecular formula is C15H20FN3O3. The predicted molar refractivity (Wildman–Crippen MR) is 80.8 cm³/mol. The molecule has 0 unspecified atom stereocenters. The van der Waals surface area contributed by atoms with Crippen LogP contribution in [0.15, 0.2) is 18.2 Å². The number of rotatable bonds is 2. The molecule has 3 rings (SSSR count). The Morgan fingerprint density at radius 2 is 1.68 bits per heavy atom. The second-order valence-electron chi connectivity index (χ2n) is 5.29. The molecule has 1 aromatic carbocycles. The molecule has 1 aromatic rings. The second-order valence-corrected chi connectivity index (χ2v) is 5.29. The van der Waals surface area contributed by atoms with Crippen LogP contribution in [0.4, 0.5) is 20.6 Å². The summed E-state index contributed by atoms with van der Waals surface area (Å²) in [6.07, 6.45) is 0. The molecule has 7 heteroatoms. The molecule has 0 spiro atoms. The van der Waals surface area contributed by atoms with Crippen LogP contribution in [0.5, 0.6) is 0 Å². The zero-order valence-electron chi connectivity index (χ0n) is 12.4. The third-order valence-corrected chi connectivity index (χ3v) is 3.87. The Labute approximate surface area is 128 Å². The van der Waals surface area contributed by atoms with Gasteiger partial charge in [0.25, 0.3) is 0 Å². The number of morpholine rings is 2. The van der Waals surface area contributed by atoms with Gasteiger partial charge in [0.05, 0.1) is 32.1 Å². The monoisotopic (exact) mass is 309 g/mol. The average Bonchev–Trinajstić information content (AvgIpc) is 2.58. The van der Waals surface area contributed by atoms with Gasteiger partial charge in [-0.1, -0.05) is 0 Å². The van der Waals surface area contributed by atoms with Gasteiger partial charge in [0, 0.05) is 31.9 Å². The van der Waals surface area contributed by atoms with Gasteiger partial charge in [-0.05, 0) is 18.2 Å². The fourth-order valence-electron chi connectivity index (χ4n) is 2.59. The van der Waals surface area contributed by atoms with Crippen LogP contribution in [0.1, 0.15) is 0 Å². The van der Waals surface area contributed by atoms with Crippen LogP contribution in [-0.2, 0) is 9.47 Å². The number of carbonyl (C=O) groups is 1. The lowest BCUT2D eigenvalue weighted by Crippen LogP contribution is -2.43. The molecule has 22 heavy (non-hydrogen) atoms. The molecule has 120 valence electrons. The van der Waals surface area contributed by atoms with Crippen LogP contribution < -0.4 is 10.2 Å². The molecule has 1 N–H and O–H groups in total. The van der Waals surface area contributed by atoms with E-state index in [-0.39, 0.29) is 11.7 Å². The Hall–Kier alpha value is -1.86. The van der Waals surface area contributed by atoms with E-state index in [9.17, 15) is 9.18 Å². The molecule has 6 nitrogen and oxygen atoms in total. The summed E-state index contributed by atoms with van der Waals surface area (Å²) in [4.78, 5) is 15.9. The number of urea groups is 1. The van der Waals surface area contributed by atoms with Crippen LogP contribution >= 0.6 is 0 Å². The number of nitrogens with one attached hydrogen (secondary N) is 1. The van der Waals surface area contributed by atoms with Crippen molar-refractivity contribution in [1.29, 1.82) is 0 Å². The summed E-state index contributed by atoms with van der Waals surface area (Å²) in [5.41, 5.74) is 1.10. The van der Waals surface area contributed by atoms with Crippen LogP contribution in [0.2, 0.25) is 0 Å². The maximum atomic E-state index is 14.0. The summed E-state index contributed by atoms with van der Waals surface area (Å²) >= 11 is 0. The van der Waals surface area contributed by atoms with E-state index in [0.717, 1.165) is 18.8 Å². The Morgan fingerprint density at radius 1 is 1.05 bits per heavy atom. The van der Waals surface area contributed by atoms with Crippen molar-refractivity contribution in [2.24, 2.45) is 0 Å². The van der Waals surface area contributed by atoms with Gasteiger partial charge in [-0.3, -0.25) is 0 Å². The standard InChI is InChI=1S/C15H20FN3O3/c16-13-2-1-12(18-3-7-21-8-4-18)11-14(13)17-15(20)19-5-9-22-10-6-19/h1-2,11H,3-10H2,(H,17,20). The predicted octanol–water partition coefficient (Wildman–Crippen LogP) is 1.53. The van der Waals surface area contributed by atoms with Crippen LogP contribution in [-0.4, -0.2) is 63.5 Å². The highest BCUT2D eigenvalue weighted by Crippen LogP contribution is 2.24. The summed E-state index contributed by atoms with van der Waals surface area (Å²) in [5, 5.41) is 2.66. The number of benzene rings is 1. The highest BCUT2D eigenvalue weighted by molar-refractivity contribution is 5.90. The van der Waals surface area contributed by atoms with E-state index in [0.29, 0.717) is 39.5 Å². The third-order valence-electron chi connectivity index (χ3n) is 3.87. The zero-order chi connectivity index (χ0) is 15.4. The molecule has 0 bridgehead atoms. The first-order valence-electron chi connectivity index (χ1n) is 7.50. The normalized spacial score (nSPS) is 19.1. The summed E-state index contributed by atoms with van der Waals surface area (Å²) in [5.74, 6) is -0.432. The summed E-state index contributed by atoms with van der Waals surface area (Å²) < 4.78 is 24.5. The first kappa shape index (κ1) is 15.1. The number of amides is 2. The van der Waals surface area contributed by atoms with Crippen molar-refractivity contribution in [3.63, 3.8) is 0 Å². The summed E-state index contributed by atoms with van der Waals surface area (Å²) in [6.45, 7) is 4.94. The van der Waals surface area contributed by atoms with E-state index >= 15 is 0 Å². The van der Waals surface area contributed by atoms with Crippen LogP contribution in [0, 0.1) is 5.82 Å². The van der Waals surface area contributed by atoms with E-state index in [1.807, 2.05) is 0 Å². The maximum Gasteiger partial charge on any atom is 0.322 e. The number of anilines is 2. The molecule has 2 heterocycles. The summed E-state index contributed by atoms with van der Waals surface area (Å²) in [7, 11) is 0. The third kappa shape index (κ3) is 3.48. The van der Waals surface area contributed by atoms with E-state index in [1.165, 1.54) is 6.07 Å². The number of ether oxygens (including phenoxy) is 2. The summed E-state index contributed by atoms with van der Waals surface area (Å²) in [6, 6.07) is 4.50. The lowest BCUT2D eigenvalue weighted by atomic mass is 10.2. The topological polar surface area (TPSA) is 54.0 Å². The molecule has 0 atom stereocenters. The van der Waals surface area contributed by atoms with Gasteiger partial charge >= 0.3 is 6.03 Å². The van der Waals surface area contributed by atoms with E-state index < -0.39 is 5.82 Å². The molecule has 2 saturated heterocycles. The van der Waals surface area contributed by atoms with Gasteiger partial charge in [-0.2, -0.15) is 0 Å². The lowest BCUT2D eigenvalue weighted by Gasteiger charge is -2.30. The van der Waals surface area contributed by atoms with Crippen molar-refractivity contribution in [2.45, 2.75) is 0 Å². The van der Waals surface area contributed by atoms with Crippen molar-refractivity contribution >= 4 is 17.4 Å². The quantitative estimate of drug-likeness (QED) is 0.900.